The van der Waals surface area contributed by atoms with Crippen LogP contribution in [0.2, 0.25) is 0 Å². The van der Waals surface area contributed by atoms with Crippen LogP contribution in [0, 0.1) is 5.41 Å². The van der Waals surface area contributed by atoms with Crippen molar-refractivity contribution in [2.75, 3.05) is 7.11 Å². The molecule has 0 aliphatic carbocycles. The minimum absolute atomic E-state index is 0.225. The van der Waals surface area contributed by atoms with Gasteiger partial charge in [0.1, 0.15) is 0 Å². The molecule has 0 bridgehead atoms. The van der Waals surface area contributed by atoms with E-state index in [4.69, 9.17) is 5.41 Å². The van der Waals surface area contributed by atoms with E-state index in [1.165, 1.54) is 7.11 Å². The van der Waals surface area contributed by atoms with Crippen LogP contribution in [0.3, 0.4) is 0 Å². The van der Waals surface area contributed by atoms with Gasteiger partial charge in [-0.2, -0.15) is 0 Å². The normalized spacial score (nSPS) is 7.75. The molecule has 46 valence electrons. The van der Waals surface area contributed by atoms with Crippen molar-refractivity contribution >= 4 is 23.9 Å². The highest BCUT2D eigenvalue weighted by Gasteiger charge is 1.95. The zero-order valence-corrected chi connectivity index (χ0v) is 5.16. The zero-order valence-electron chi connectivity index (χ0n) is 4.26. The largest absolute Gasteiger partial charge is 0.453 e. The Morgan fingerprint density at radius 3 is 2.50 bits per heavy atom. The predicted octanol–water partition coefficient (Wildman–Crippen LogP) is 0.207. The van der Waals surface area contributed by atoms with Gasteiger partial charge >= 0.3 is 6.09 Å². The van der Waals surface area contributed by atoms with Crippen molar-refractivity contribution in [3.63, 3.8) is 0 Å². The lowest BCUT2D eigenvalue weighted by atomic mass is 11.0. The number of nitrogens with one attached hydrogen (secondary N) is 2. The SMILES string of the molecule is COC(=O)NC(=N)S. The molecule has 0 saturated carbocycles. The molecule has 0 unspecified atom stereocenters. The van der Waals surface area contributed by atoms with Gasteiger partial charge in [0.2, 0.25) is 0 Å². The zero-order chi connectivity index (χ0) is 6.57. The van der Waals surface area contributed by atoms with Gasteiger partial charge < -0.3 is 4.74 Å². The molecule has 0 saturated heterocycles. The lowest BCUT2D eigenvalue weighted by molar-refractivity contribution is 0.177. The Morgan fingerprint density at radius 2 is 2.38 bits per heavy atom. The molecule has 0 fully saturated rings. The van der Waals surface area contributed by atoms with Crippen LogP contribution in [-0.4, -0.2) is 18.4 Å². The molecule has 0 aromatic heterocycles. The Morgan fingerprint density at radius 1 is 1.88 bits per heavy atom. The van der Waals surface area contributed by atoms with Crippen LogP contribution >= 0.6 is 12.6 Å². The molecule has 0 rings (SSSR count). The summed E-state index contributed by atoms with van der Waals surface area (Å²) in [6.45, 7) is 0. The van der Waals surface area contributed by atoms with Gasteiger partial charge in [0, 0.05) is 0 Å². The fraction of sp³-hybridized carbons (Fsp3) is 0.333. The lowest BCUT2D eigenvalue weighted by Gasteiger charge is -1.96. The maximum Gasteiger partial charge on any atom is 0.412 e. The quantitative estimate of drug-likeness (QED) is 0.252. The van der Waals surface area contributed by atoms with Crippen molar-refractivity contribution < 1.29 is 9.53 Å². The number of thiol groups is 1. The first kappa shape index (κ1) is 7.29. The molecule has 4 nitrogen and oxygen atoms in total. The lowest BCUT2D eigenvalue weighted by Crippen LogP contribution is -2.25. The smallest absolute Gasteiger partial charge is 0.412 e. The van der Waals surface area contributed by atoms with E-state index in [1.807, 2.05) is 5.32 Å². The molecule has 0 spiro atoms. The van der Waals surface area contributed by atoms with Crippen LogP contribution in [0.1, 0.15) is 0 Å². The average Bonchev–Trinajstić information content (AvgIpc) is 1.65. The number of ether oxygens (including phenoxy) is 1. The fourth-order valence-electron chi connectivity index (χ4n) is 0.148. The maximum atomic E-state index is 10.1. The molecule has 8 heavy (non-hydrogen) atoms. The van der Waals surface area contributed by atoms with Crippen molar-refractivity contribution in [3.05, 3.63) is 0 Å². The Bertz CT molecular complexity index is 114. The van der Waals surface area contributed by atoms with Crippen molar-refractivity contribution in [2.24, 2.45) is 0 Å². The molecule has 1 amide bonds. The monoisotopic (exact) mass is 134 g/mol. The van der Waals surface area contributed by atoms with E-state index in [9.17, 15) is 4.79 Å². The fourth-order valence-corrected chi connectivity index (χ4v) is 0.239. The first-order valence-electron chi connectivity index (χ1n) is 1.79. The van der Waals surface area contributed by atoms with Crippen molar-refractivity contribution in [1.82, 2.24) is 5.32 Å². The topological polar surface area (TPSA) is 62.2 Å². The molecular weight excluding hydrogens is 128 g/mol. The summed E-state index contributed by atoms with van der Waals surface area (Å²) < 4.78 is 4.12. The molecule has 0 atom stereocenters. The van der Waals surface area contributed by atoms with E-state index in [1.54, 1.807) is 0 Å². The van der Waals surface area contributed by atoms with Gasteiger partial charge in [-0.15, -0.1) is 12.6 Å². The van der Waals surface area contributed by atoms with Gasteiger partial charge in [0.15, 0.2) is 5.17 Å². The summed E-state index contributed by atoms with van der Waals surface area (Å²) in [5.74, 6) is 0. The van der Waals surface area contributed by atoms with Gasteiger partial charge in [-0.3, -0.25) is 10.7 Å². The average molecular weight is 134 g/mol. The van der Waals surface area contributed by atoms with Crippen molar-refractivity contribution in [3.8, 4) is 0 Å². The van der Waals surface area contributed by atoms with Crippen LogP contribution < -0.4 is 5.32 Å². The first-order valence-corrected chi connectivity index (χ1v) is 2.24. The number of amides is 1. The van der Waals surface area contributed by atoms with Gasteiger partial charge in [-0.1, -0.05) is 0 Å². The Labute approximate surface area is 52.1 Å². The van der Waals surface area contributed by atoms with Crippen molar-refractivity contribution in [1.29, 1.82) is 5.41 Å². The number of hydrogen-bond donors (Lipinski definition) is 3. The summed E-state index contributed by atoms with van der Waals surface area (Å²) in [5, 5.41) is 8.33. The van der Waals surface area contributed by atoms with Gasteiger partial charge in [0.05, 0.1) is 7.11 Å². The standard InChI is InChI=1S/C3H6N2O2S/c1-7-3(6)5-2(4)8/h1H3,(H3,4,5,6,8). The molecule has 2 N–H and O–H groups in total. The molecule has 0 aromatic carbocycles. The van der Waals surface area contributed by atoms with Crippen LogP contribution in [0.15, 0.2) is 0 Å². The van der Waals surface area contributed by atoms with Crippen molar-refractivity contribution in [2.45, 2.75) is 0 Å². The number of hydrogen-bond acceptors (Lipinski definition) is 3. The molecule has 0 aromatic rings. The molecule has 0 aliphatic rings. The highest BCUT2D eigenvalue weighted by atomic mass is 32.1. The number of rotatable bonds is 0. The van der Waals surface area contributed by atoms with Crippen LogP contribution in [0.4, 0.5) is 4.79 Å². The van der Waals surface area contributed by atoms with Crippen LogP contribution in [0.5, 0.6) is 0 Å². The third-order valence-corrected chi connectivity index (χ3v) is 0.518. The molecule has 0 heterocycles. The summed E-state index contributed by atoms with van der Waals surface area (Å²) in [4.78, 5) is 10.1. The highest BCUT2D eigenvalue weighted by Crippen LogP contribution is 1.74. The van der Waals surface area contributed by atoms with E-state index < -0.39 is 6.09 Å². The third kappa shape index (κ3) is 3.48. The van der Waals surface area contributed by atoms with Crippen LogP contribution in [0.25, 0.3) is 0 Å². The number of amidine groups is 1. The Balaban J connectivity index is 3.40. The van der Waals surface area contributed by atoms with E-state index >= 15 is 0 Å². The third-order valence-electron chi connectivity index (χ3n) is 0.406. The molecular formula is C3H6N2O2S. The first-order chi connectivity index (χ1) is 3.66. The summed E-state index contributed by atoms with van der Waals surface area (Å²) >= 11 is 3.46. The summed E-state index contributed by atoms with van der Waals surface area (Å²) in [5.41, 5.74) is 0. The summed E-state index contributed by atoms with van der Waals surface area (Å²) in [6, 6.07) is 0. The summed E-state index contributed by atoms with van der Waals surface area (Å²) in [7, 11) is 1.21. The van der Waals surface area contributed by atoms with E-state index in [0.717, 1.165) is 0 Å². The second-order valence-electron chi connectivity index (χ2n) is 0.965. The van der Waals surface area contributed by atoms with E-state index in [-0.39, 0.29) is 5.17 Å². The molecule has 0 aliphatic heterocycles. The number of alkyl carbamates (subject to hydrolysis) is 1. The second-order valence-corrected chi connectivity index (χ2v) is 1.41. The summed E-state index contributed by atoms with van der Waals surface area (Å²) in [6.07, 6.45) is -0.676. The number of methoxy groups -OCH3 is 1. The highest BCUT2D eigenvalue weighted by molar-refractivity contribution is 7.96. The number of carbonyl (C=O) groups is 1. The van der Waals surface area contributed by atoms with E-state index in [2.05, 4.69) is 17.4 Å². The molecule has 5 heteroatoms. The Hall–Kier alpha value is -0.710. The minimum Gasteiger partial charge on any atom is -0.453 e. The van der Waals surface area contributed by atoms with E-state index in [0.29, 0.717) is 0 Å². The molecule has 0 radical (unpaired) electrons. The maximum absolute atomic E-state index is 10.1. The van der Waals surface area contributed by atoms with Gasteiger partial charge in [0.25, 0.3) is 0 Å². The minimum atomic E-state index is -0.676. The second kappa shape index (κ2) is 3.31. The predicted molar refractivity (Wildman–Crippen MR) is 32.3 cm³/mol. The van der Waals surface area contributed by atoms with Crippen LogP contribution in [-0.2, 0) is 4.74 Å². The van der Waals surface area contributed by atoms with Gasteiger partial charge in [-0.05, 0) is 0 Å². The Kier molecular flexibility index (Phi) is 3.02. The van der Waals surface area contributed by atoms with Gasteiger partial charge in [-0.25, -0.2) is 4.79 Å². The number of carbonyl (C=O) groups excluding carboxylic acids is 1.